The molecule has 0 aliphatic rings. The molecule has 128 valence electrons. The molecule has 10 heteroatoms. The fraction of sp³-hybridized carbons (Fsp3) is 0.214. The Kier molecular flexibility index (Phi) is 5.86. The lowest BCUT2D eigenvalue weighted by Crippen LogP contribution is -2.28. The summed E-state index contributed by atoms with van der Waals surface area (Å²) in [6.45, 7) is 1.74. The number of anilines is 2. The summed E-state index contributed by atoms with van der Waals surface area (Å²) in [4.78, 5) is 19.6. The van der Waals surface area contributed by atoms with Crippen LogP contribution in [0.5, 0.6) is 0 Å². The van der Waals surface area contributed by atoms with E-state index in [1.54, 1.807) is 12.3 Å². The minimum atomic E-state index is -3.85. The number of nitrogen functional groups attached to an aromatic ring is 1. The van der Waals surface area contributed by atoms with Crippen molar-refractivity contribution in [2.75, 3.05) is 17.6 Å². The Labute approximate surface area is 148 Å². The van der Waals surface area contributed by atoms with Gasteiger partial charge in [0.15, 0.2) is 0 Å². The van der Waals surface area contributed by atoms with Gasteiger partial charge in [-0.25, -0.2) is 23.1 Å². The molecule has 0 radical (unpaired) electrons. The molecule has 0 aliphatic heterocycles. The molecule has 8 nitrogen and oxygen atoms in total. The van der Waals surface area contributed by atoms with Crippen molar-refractivity contribution < 1.29 is 13.2 Å². The molecule has 0 unspecified atom stereocenters. The fourth-order valence-electron chi connectivity index (χ4n) is 1.83. The maximum absolute atomic E-state index is 12.2. The first-order valence-corrected chi connectivity index (χ1v) is 9.19. The molecule has 0 aliphatic carbocycles. The summed E-state index contributed by atoms with van der Waals surface area (Å²) in [6, 6.07) is 4.92. The number of pyridine rings is 2. The van der Waals surface area contributed by atoms with E-state index in [4.69, 9.17) is 5.73 Å². The van der Waals surface area contributed by atoms with Gasteiger partial charge in [0.1, 0.15) is 16.5 Å². The van der Waals surface area contributed by atoms with Gasteiger partial charge in [0.2, 0.25) is 15.9 Å². The normalized spacial score (nSPS) is 11.2. The predicted molar refractivity (Wildman–Crippen MR) is 93.8 cm³/mol. The van der Waals surface area contributed by atoms with E-state index in [9.17, 15) is 13.2 Å². The topological polar surface area (TPSA) is 127 Å². The molecule has 0 saturated carbocycles. The molecule has 2 heterocycles. The van der Waals surface area contributed by atoms with E-state index in [2.05, 4.69) is 35.9 Å². The number of amides is 1. The number of nitrogens with one attached hydrogen (secondary N) is 2. The summed E-state index contributed by atoms with van der Waals surface area (Å²) in [7, 11) is -3.85. The van der Waals surface area contributed by atoms with Gasteiger partial charge in [-0.1, -0.05) is 6.07 Å². The number of carbonyl (C=O) groups excluding carboxylic acids is 1. The molecular weight excluding hydrogens is 398 g/mol. The molecule has 4 N–H and O–H groups in total. The zero-order valence-corrected chi connectivity index (χ0v) is 15.2. The van der Waals surface area contributed by atoms with Crippen LogP contribution in [0.3, 0.4) is 0 Å². The monoisotopic (exact) mass is 413 g/mol. The van der Waals surface area contributed by atoms with Crippen LogP contribution >= 0.6 is 15.9 Å². The van der Waals surface area contributed by atoms with E-state index in [1.807, 2.05) is 13.0 Å². The van der Waals surface area contributed by atoms with Crippen molar-refractivity contribution in [2.45, 2.75) is 18.2 Å². The van der Waals surface area contributed by atoms with Gasteiger partial charge >= 0.3 is 0 Å². The van der Waals surface area contributed by atoms with Crippen LogP contribution in [-0.4, -0.2) is 30.8 Å². The van der Waals surface area contributed by atoms with E-state index in [-0.39, 0.29) is 29.6 Å². The molecule has 0 fully saturated rings. The molecular formula is C14H16BrN5O3S. The summed E-state index contributed by atoms with van der Waals surface area (Å²) in [6.07, 6.45) is 2.92. The number of hydrogen-bond donors (Lipinski definition) is 3. The molecule has 2 rings (SSSR count). The highest BCUT2D eigenvalue weighted by molar-refractivity contribution is 9.10. The number of nitrogens with zero attached hydrogens (tertiary/aromatic N) is 2. The van der Waals surface area contributed by atoms with Gasteiger partial charge in [-0.05, 0) is 40.5 Å². The zero-order chi connectivity index (χ0) is 17.7. The summed E-state index contributed by atoms with van der Waals surface area (Å²) < 4.78 is 27.2. The molecule has 0 aromatic carbocycles. The molecule has 24 heavy (non-hydrogen) atoms. The number of rotatable bonds is 6. The first kappa shape index (κ1) is 18.3. The Morgan fingerprint density at radius 1 is 1.38 bits per heavy atom. The van der Waals surface area contributed by atoms with Gasteiger partial charge < -0.3 is 11.1 Å². The lowest BCUT2D eigenvalue weighted by atomic mass is 10.3. The molecule has 0 bridgehead atoms. The second kappa shape index (κ2) is 7.69. The van der Waals surface area contributed by atoms with Crippen molar-refractivity contribution in [1.82, 2.24) is 14.7 Å². The second-order valence-electron chi connectivity index (χ2n) is 4.90. The summed E-state index contributed by atoms with van der Waals surface area (Å²) in [5, 5.41) is 2.63. The van der Waals surface area contributed by atoms with Crippen LogP contribution in [0.2, 0.25) is 0 Å². The molecule has 1 amide bonds. The Hall–Kier alpha value is -2.04. The first-order chi connectivity index (χ1) is 11.3. The molecule has 0 saturated heterocycles. The number of halogens is 1. The number of sulfonamides is 1. The average Bonchev–Trinajstić information content (AvgIpc) is 2.51. The van der Waals surface area contributed by atoms with Crippen LogP contribution < -0.4 is 15.8 Å². The van der Waals surface area contributed by atoms with E-state index >= 15 is 0 Å². The third-order valence-corrected chi connectivity index (χ3v) is 4.97. The van der Waals surface area contributed by atoms with Crippen molar-refractivity contribution in [3.63, 3.8) is 0 Å². The number of aromatic nitrogens is 2. The zero-order valence-electron chi connectivity index (χ0n) is 12.8. The Morgan fingerprint density at radius 3 is 2.83 bits per heavy atom. The highest BCUT2D eigenvalue weighted by atomic mass is 79.9. The summed E-state index contributed by atoms with van der Waals surface area (Å²) in [5.74, 6) is -0.00936. The van der Waals surface area contributed by atoms with E-state index < -0.39 is 10.0 Å². The Bertz CT molecular complexity index is 857. The molecule has 2 aromatic rings. The lowest BCUT2D eigenvalue weighted by Gasteiger charge is -2.09. The van der Waals surface area contributed by atoms with Crippen molar-refractivity contribution in [2.24, 2.45) is 0 Å². The van der Waals surface area contributed by atoms with Crippen molar-refractivity contribution in [1.29, 1.82) is 0 Å². The standard InChI is InChI=1S/C14H16BrN5O3S/c1-9-3-2-5-17-14(9)20-12(21)4-6-19-24(22,23)11-7-10(15)8-18-13(11)16/h2-3,5,7-8,19H,4,6H2,1H3,(H2,16,18)(H,17,20,21). The van der Waals surface area contributed by atoms with Crippen LogP contribution in [-0.2, 0) is 14.8 Å². The minimum absolute atomic E-state index is 0.0451. The van der Waals surface area contributed by atoms with Gasteiger partial charge in [-0.15, -0.1) is 0 Å². The van der Waals surface area contributed by atoms with Gasteiger partial charge in [0.25, 0.3) is 0 Å². The first-order valence-electron chi connectivity index (χ1n) is 6.92. The van der Waals surface area contributed by atoms with Gasteiger partial charge in [-0.2, -0.15) is 0 Å². The number of nitrogens with two attached hydrogens (primary N) is 1. The van der Waals surface area contributed by atoms with Crippen molar-refractivity contribution >= 4 is 43.5 Å². The number of hydrogen-bond acceptors (Lipinski definition) is 6. The molecule has 0 spiro atoms. The summed E-state index contributed by atoms with van der Waals surface area (Å²) >= 11 is 3.14. The predicted octanol–water partition coefficient (Wildman–Crippen LogP) is 1.44. The van der Waals surface area contributed by atoms with E-state index in [0.29, 0.717) is 10.3 Å². The van der Waals surface area contributed by atoms with Crippen LogP contribution in [0.15, 0.2) is 40.0 Å². The van der Waals surface area contributed by atoms with Crippen LogP contribution in [0.1, 0.15) is 12.0 Å². The highest BCUT2D eigenvalue weighted by Gasteiger charge is 2.19. The van der Waals surface area contributed by atoms with Gasteiger partial charge in [0.05, 0.1) is 0 Å². The van der Waals surface area contributed by atoms with Crippen LogP contribution in [0.4, 0.5) is 11.6 Å². The Morgan fingerprint density at radius 2 is 2.12 bits per heavy atom. The van der Waals surface area contributed by atoms with Crippen LogP contribution in [0.25, 0.3) is 0 Å². The van der Waals surface area contributed by atoms with Crippen molar-refractivity contribution in [3.8, 4) is 0 Å². The third-order valence-electron chi connectivity index (χ3n) is 3.05. The summed E-state index contributed by atoms with van der Waals surface area (Å²) in [5.41, 5.74) is 6.41. The Balaban J connectivity index is 1.94. The second-order valence-corrected chi connectivity index (χ2v) is 7.55. The average molecular weight is 414 g/mol. The number of aryl methyl sites for hydroxylation is 1. The lowest BCUT2D eigenvalue weighted by molar-refractivity contribution is -0.116. The maximum Gasteiger partial charge on any atom is 0.244 e. The fourth-order valence-corrected chi connectivity index (χ4v) is 3.45. The maximum atomic E-state index is 12.2. The van der Waals surface area contributed by atoms with Crippen LogP contribution in [0, 0.1) is 6.92 Å². The third kappa shape index (κ3) is 4.73. The quantitative estimate of drug-likeness (QED) is 0.657. The van der Waals surface area contributed by atoms with E-state index in [1.165, 1.54) is 12.3 Å². The number of carbonyl (C=O) groups is 1. The van der Waals surface area contributed by atoms with Gasteiger partial charge in [-0.3, -0.25) is 4.79 Å². The SMILES string of the molecule is Cc1cccnc1NC(=O)CCNS(=O)(=O)c1cc(Br)cnc1N. The highest BCUT2D eigenvalue weighted by Crippen LogP contribution is 2.20. The molecule has 0 atom stereocenters. The van der Waals surface area contributed by atoms with Crippen molar-refractivity contribution in [3.05, 3.63) is 40.6 Å². The van der Waals surface area contributed by atoms with Gasteiger partial charge in [0, 0.05) is 29.8 Å². The van der Waals surface area contributed by atoms with E-state index in [0.717, 1.165) is 5.56 Å². The molecule has 2 aromatic heterocycles. The smallest absolute Gasteiger partial charge is 0.244 e. The largest absolute Gasteiger partial charge is 0.383 e. The minimum Gasteiger partial charge on any atom is -0.383 e.